The van der Waals surface area contributed by atoms with E-state index in [1.54, 1.807) is 6.07 Å². The number of hydrogen-bond donors (Lipinski definition) is 2. The minimum atomic E-state index is -5.84. The zero-order chi connectivity index (χ0) is 20.9. The zero-order valence-electron chi connectivity index (χ0n) is 16.1. The molecule has 0 radical (unpaired) electrons. The SMILES string of the molecule is Fc1c(S)ccc(-c2ccccc2)c1-c1ccccc1.O=S(=O)(O)C(F)(F)F.[H-].[Na+]. The van der Waals surface area contributed by atoms with Gasteiger partial charge in [-0.05, 0) is 22.8 Å². The molecular weight excluding hydrogens is 439 g/mol. The molecule has 150 valence electrons. The average molecular weight is 454 g/mol. The van der Waals surface area contributed by atoms with Crippen LogP contribution in [0.3, 0.4) is 0 Å². The Balaban J connectivity index is 0.000000730. The van der Waals surface area contributed by atoms with Gasteiger partial charge in [-0.2, -0.15) is 21.6 Å². The van der Waals surface area contributed by atoms with E-state index in [1.165, 1.54) is 0 Å². The average Bonchev–Trinajstić information content (AvgIpc) is 2.64. The van der Waals surface area contributed by atoms with Crippen LogP contribution in [-0.4, -0.2) is 18.5 Å². The molecule has 0 aliphatic carbocycles. The summed E-state index contributed by atoms with van der Waals surface area (Å²) in [5.74, 6) is -0.277. The molecule has 29 heavy (non-hydrogen) atoms. The third-order valence-electron chi connectivity index (χ3n) is 3.56. The van der Waals surface area contributed by atoms with Crippen molar-refractivity contribution in [1.82, 2.24) is 0 Å². The molecular formula is C19H15F4NaO3S2. The van der Waals surface area contributed by atoms with Crippen molar-refractivity contribution in [3.05, 3.63) is 78.6 Å². The third kappa shape index (κ3) is 6.84. The molecule has 0 fully saturated rings. The van der Waals surface area contributed by atoms with Gasteiger partial charge in [-0.3, -0.25) is 4.55 Å². The Morgan fingerprint density at radius 1 is 0.828 bits per heavy atom. The Labute approximate surface area is 194 Å². The summed E-state index contributed by atoms with van der Waals surface area (Å²) in [5.41, 5.74) is -2.19. The van der Waals surface area contributed by atoms with Crippen molar-refractivity contribution < 1.29 is 61.5 Å². The summed E-state index contributed by atoms with van der Waals surface area (Å²) in [6.45, 7) is 0. The predicted octanol–water partition coefficient (Wildman–Crippen LogP) is 2.96. The van der Waals surface area contributed by atoms with Crippen LogP contribution in [0.4, 0.5) is 17.6 Å². The standard InChI is InChI=1S/C18H13FS.CHF3O3S.Na.H/c19-18-16(20)12-11-15(13-7-3-1-4-8-13)17(18)14-9-5-2-6-10-14;2-1(3,4)8(5,6)7;;/h1-12,20H;(H,5,6,7);;/q;;+1;-1. The Bertz CT molecular complexity index is 1050. The van der Waals surface area contributed by atoms with Crippen molar-refractivity contribution in [3.8, 4) is 22.3 Å². The first kappa shape index (κ1) is 25.7. The van der Waals surface area contributed by atoms with Gasteiger partial charge in [0, 0.05) is 10.5 Å². The van der Waals surface area contributed by atoms with E-state index in [4.69, 9.17) is 13.0 Å². The summed E-state index contributed by atoms with van der Waals surface area (Å²) in [6, 6.07) is 23.0. The van der Waals surface area contributed by atoms with E-state index in [1.807, 2.05) is 66.7 Å². The second-order valence-electron chi connectivity index (χ2n) is 5.47. The van der Waals surface area contributed by atoms with E-state index in [0.717, 1.165) is 16.7 Å². The van der Waals surface area contributed by atoms with Gasteiger partial charge in [-0.25, -0.2) is 4.39 Å². The summed E-state index contributed by atoms with van der Waals surface area (Å²) >= 11 is 4.20. The Kier molecular flexibility index (Phi) is 9.39. The van der Waals surface area contributed by atoms with E-state index in [0.29, 0.717) is 10.5 Å². The van der Waals surface area contributed by atoms with Gasteiger partial charge < -0.3 is 1.43 Å². The molecule has 10 heteroatoms. The van der Waals surface area contributed by atoms with Crippen molar-refractivity contribution in [2.24, 2.45) is 0 Å². The molecule has 0 atom stereocenters. The van der Waals surface area contributed by atoms with Crippen LogP contribution in [0.2, 0.25) is 0 Å². The molecule has 1 N–H and O–H groups in total. The first-order valence-corrected chi connectivity index (χ1v) is 9.57. The zero-order valence-corrected chi connectivity index (χ0v) is 18.8. The van der Waals surface area contributed by atoms with Crippen molar-refractivity contribution in [2.75, 3.05) is 0 Å². The largest absolute Gasteiger partial charge is 1.00 e. The molecule has 0 aliphatic heterocycles. The van der Waals surface area contributed by atoms with E-state index < -0.39 is 15.6 Å². The fourth-order valence-electron chi connectivity index (χ4n) is 2.31. The maximum Gasteiger partial charge on any atom is 1.00 e. The Hall–Kier alpha value is -1.36. The van der Waals surface area contributed by atoms with E-state index >= 15 is 0 Å². The second kappa shape index (κ2) is 10.6. The van der Waals surface area contributed by atoms with E-state index in [9.17, 15) is 17.6 Å². The molecule has 0 spiro atoms. The molecule has 3 nitrogen and oxygen atoms in total. The molecule has 0 heterocycles. The van der Waals surface area contributed by atoms with Gasteiger partial charge >= 0.3 is 45.2 Å². The molecule has 0 amide bonds. The topological polar surface area (TPSA) is 54.4 Å². The second-order valence-corrected chi connectivity index (χ2v) is 7.37. The molecule has 0 saturated heterocycles. The fraction of sp³-hybridized carbons (Fsp3) is 0.0526. The van der Waals surface area contributed by atoms with Crippen LogP contribution in [0.25, 0.3) is 22.3 Å². The smallest absolute Gasteiger partial charge is 1.00 e. The van der Waals surface area contributed by atoms with Crippen molar-refractivity contribution in [1.29, 1.82) is 0 Å². The maximum absolute atomic E-state index is 14.6. The monoisotopic (exact) mass is 454 g/mol. The third-order valence-corrected chi connectivity index (χ3v) is 4.49. The summed E-state index contributed by atoms with van der Waals surface area (Å²) in [5, 5.41) is 0. The van der Waals surface area contributed by atoms with Crippen LogP contribution < -0.4 is 29.6 Å². The van der Waals surface area contributed by atoms with Gasteiger partial charge in [-0.1, -0.05) is 66.7 Å². The molecule has 0 bridgehead atoms. The number of hydrogen-bond acceptors (Lipinski definition) is 3. The normalized spacial score (nSPS) is 11.1. The molecule has 0 saturated carbocycles. The summed E-state index contributed by atoms with van der Waals surface area (Å²) < 4.78 is 72.1. The molecule has 3 aromatic rings. The Morgan fingerprint density at radius 2 is 1.24 bits per heavy atom. The van der Waals surface area contributed by atoms with Gasteiger partial charge in [-0.15, -0.1) is 12.6 Å². The van der Waals surface area contributed by atoms with Gasteiger partial charge in [0.15, 0.2) is 0 Å². The molecule has 3 rings (SSSR count). The molecule has 3 aromatic carbocycles. The molecule has 0 unspecified atom stereocenters. The van der Waals surface area contributed by atoms with Gasteiger partial charge in [0.1, 0.15) is 5.82 Å². The van der Waals surface area contributed by atoms with Crippen LogP contribution in [0.15, 0.2) is 77.7 Å². The number of thiol groups is 1. The minimum absolute atomic E-state index is 0. The van der Waals surface area contributed by atoms with Crippen molar-refractivity contribution in [2.45, 2.75) is 10.4 Å². The number of benzene rings is 3. The number of halogens is 4. The van der Waals surface area contributed by atoms with Crippen LogP contribution in [0.5, 0.6) is 0 Å². The van der Waals surface area contributed by atoms with Crippen molar-refractivity contribution in [3.63, 3.8) is 0 Å². The fourth-order valence-corrected chi connectivity index (χ4v) is 2.50. The predicted molar refractivity (Wildman–Crippen MR) is 103 cm³/mol. The van der Waals surface area contributed by atoms with Crippen molar-refractivity contribution >= 4 is 22.7 Å². The van der Waals surface area contributed by atoms with E-state index in [2.05, 4.69) is 12.6 Å². The van der Waals surface area contributed by atoms with Gasteiger partial charge in [0.2, 0.25) is 0 Å². The first-order chi connectivity index (χ1) is 13.0. The first-order valence-electron chi connectivity index (χ1n) is 7.68. The van der Waals surface area contributed by atoms with Crippen LogP contribution in [0.1, 0.15) is 1.43 Å². The number of alkyl halides is 3. The van der Waals surface area contributed by atoms with E-state index in [-0.39, 0.29) is 36.8 Å². The van der Waals surface area contributed by atoms with Crippen LogP contribution >= 0.6 is 12.6 Å². The molecule has 0 aliphatic rings. The Morgan fingerprint density at radius 3 is 1.66 bits per heavy atom. The quantitative estimate of drug-likeness (QED) is 0.206. The minimum Gasteiger partial charge on any atom is -1.00 e. The molecule has 0 aromatic heterocycles. The van der Waals surface area contributed by atoms with Crippen LogP contribution in [-0.2, 0) is 10.1 Å². The summed E-state index contributed by atoms with van der Waals surface area (Å²) in [6.07, 6.45) is 0. The maximum atomic E-state index is 14.6. The van der Waals surface area contributed by atoms with Crippen LogP contribution in [0, 0.1) is 5.82 Å². The number of rotatable bonds is 2. The van der Waals surface area contributed by atoms with Gasteiger partial charge in [0.05, 0.1) is 0 Å². The summed E-state index contributed by atoms with van der Waals surface area (Å²) in [4.78, 5) is 0.364. The summed E-state index contributed by atoms with van der Waals surface area (Å²) in [7, 11) is -5.84. The van der Waals surface area contributed by atoms with Gasteiger partial charge in [0.25, 0.3) is 0 Å².